The predicted molar refractivity (Wildman–Crippen MR) is 66.0 cm³/mol. The molecule has 0 atom stereocenters. The van der Waals surface area contributed by atoms with Crippen LogP contribution >= 0.6 is 0 Å². The molecule has 0 fully saturated rings. The van der Waals surface area contributed by atoms with E-state index in [9.17, 15) is 0 Å². The van der Waals surface area contributed by atoms with E-state index in [0.29, 0.717) is 6.61 Å². The highest BCUT2D eigenvalue weighted by Crippen LogP contribution is 2.24. The maximum Gasteiger partial charge on any atom is 0.244 e. The van der Waals surface area contributed by atoms with Crippen LogP contribution in [0.2, 0.25) is 0 Å². The Morgan fingerprint density at radius 2 is 1.71 bits per heavy atom. The van der Waals surface area contributed by atoms with Crippen molar-refractivity contribution in [1.82, 2.24) is 9.97 Å². The molecule has 1 heterocycles. The van der Waals surface area contributed by atoms with Gasteiger partial charge in [0.25, 0.3) is 0 Å². The van der Waals surface area contributed by atoms with Gasteiger partial charge in [-0.05, 0) is 5.56 Å². The Morgan fingerprint density at radius 1 is 1.00 bits per heavy atom. The fourth-order valence-corrected chi connectivity index (χ4v) is 1.32. The maximum atomic E-state index is 5.69. The van der Waals surface area contributed by atoms with Gasteiger partial charge in [-0.25, -0.2) is 0 Å². The second-order valence-corrected chi connectivity index (χ2v) is 3.46. The SMILES string of the molecule is Nc1nc(N)c(N)c(OCc2ccccc2)n1. The van der Waals surface area contributed by atoms with Gasteiger partial charge in [0.1, 0.15) is 12.3 Å². The highest BCUT2D eigenvalue weighted by Gasteiger charge is 2.09. The molecule has 0 aliphatic carbocycles. The zero-order chi connectivity index (χ0) is 12.3. The van der Waals surface area contributed by atoms with E-state index < -0.39 is 0 Å². The van der Waals surface area contributed by atoms with Crippen molar-refractivity contribution in [3.63, 3.8) is 0 Å². The summed E-state index contributed by atoms with van der Waals surface area (Å²) in [5.74, 6) is 0.374. The van der Waals surface area contributed by atoms with E-state index in [4.69, 9.17) is 21.9 Å². The minimum Gasteiger partial charge on any atom is -0.471 e. The van der Waals surface area contributed by atoms with Gasteiger partial charge in [0.15, 0.2) is 5.82 Å². The number of hydrogen-bond donors (Lipinski definition) is 3. The van der Waals surface area contributed by atoms with E-state index in [-0.39, 0.29) is 23.3 Å². The van der Waals surface area contributed by atoms with Crippen LogP contribution in [0.25, 0.3) is 0 Å². The summed E-state index contributed by atoms with van der Waals surface area (Å²) in [5.41, 5.74) is 17.9. The van der Waals surface area contributed by atoms with E-state index in [2.05, 4.69) is 9.97 Å². The molecule has 2 rings (SSSR count). The lowest BCUT2D eigenvalue weighted by molar-refractivity contribution is 0.296. The predicted octanol–water partition coefficient (Wildman–Crippen LogP) is 0.802. The van der Waals surface area contributed by atoms with Crippen molar-refractivity contribution in [3.8, 4) is 5.88 Å². The zero-order valence-corrected chi connectivity index (χ0v) is 9.13. The Labute approximate surface area is 98.4 Å². The Balaban J connectivity index is 2.14. The Bertz CT molecular complexity index is 515. The highest BCUT2D eigenvalue weighted by atomic mass is 16.5. The van der Waals surface area contributed by atoms with Crippen LogP contribution in [-0.4, -0.2) is 9.97 Å². The number of rotatable bonds is 3. The summed E-state index contributed by atoms with van der Waals surface area (Å²) >= 11 is 0. The summed E-state index contributed by atoms with van der Waals surface area (Å²) in [4.78, 5) is 7.62. The van der Waals surface area contributed by atoms with Crippen LogP contribution in [0.15, 0.2) is 30.3 Å². The number of benzene rings is 1. The summed E-state index contributed by atoms with van der Waals surface area (Å²) in [6, 6.07) is 9.64. The molecule has 0 saturated heterocycles. The van der Waals surface area contributed by atoms with Gasteiger partial charge in [-0.1, -0.05) is 30.3 Å². The first-order valence-corrected chi connectivity index (χ1v) is 5.02. The van der Waals surface area contributed by atoms with Crippen LogP contribution < -0.4 is 21.9 Å². The second kappa shape index (κ2) is 4.56. The lowest BCUT2D eigenvalue weighted by Crippen LogP contribution is -2.08. The third-order valence-electron chi connectivity index (χ3n) is 2.18. The van der Waals surface area contributed by atoms with Crippen LogP contribution in [0.4, 0.5) is 17.5 Å². The van der Waals surface area contributed by atoms with Crippen molar-refractivity contribution >= 4 is 17.5 Å². The molecule has 0 spiro atoms. The fourth-order valence-electron chi connectivity index (χ4n) is 1.32. The molecule has 0 unspecified atom stereocenters. The van der Waals surface area contributed by atoms with Gasteiger partial charge in [0, 0.05) is 0 Å². The number of hydrogen-bond acceptors (Lipinski definition) is 6. The minimum absolute atomic E-state index is 0.0414. The van der Waals surface area contributed by atoms with Crippen molar-refractivity contribution in [1.29, 1.82) is 0 Å². The van der Waals surface area contributed by atoms with Crippen LogP contribution in [0.3, 0.4) is 0 Å². The van der Waals surface area contributed by atoms with Crippen LogP contribution in [0.5, 0.6) is 5.88 Å². The monoisotopic (exact) mass is 231 g/mol. The van der Waals surface area contributed by atoms with Gasteiger partial charge in [-0.3, -0.25) is 0 Å². The number of nitrogens with two attached hydrogens (primary N) is 3. The topological polar surface area (TPSA) is 113 Å². The van der Waals surface area contributed by atoms with E-state index in [1.54, 1.807) is 0 Å². The van der Waals surface area contributed by atoms with Crippen molar-refractivity contribution in [2.24, 2.45) is 0 Å². The van der Waals surface area contributed by atoms with E-state index in [1.165, 1.54) is 0 Å². The molecule has 88 valence electrons. The Morgan fingerprint density at radius 3 is 2.41 bits per heavy atom. The summed E-state index contributed by atoms with van der Waals surface area (Å²) in [6.45, 7) is 0.348. The van der Waals surface area contributed by atoms with Gasteiger partial charge in [0.2, 0.25) is 11.8 Å². The molecule has 6 N–H and O–H groups in total. The Kier molecular flexibility index (Phi) is 2.95. The molecule has 1 aromatic heterocycles. The summed E-state index contributed by atoms with van der Waals surface area (Å²) in [7, 11) is 0. The molecule has 0 aliphatic heterocycles. The molecular weight excluding hydrogens is 218 g/mol. The van der Waals surface area contributed by atoms with Crippen molar-refractivity contribution in [2.45, 2.75) is 6.61 Å². The van der Waals surface area contributed by atoms with Gasteiger partial charge >= 0.3 is 0 Å². The van der Waals surface area contributed by atoms with E-state index >= 15 is 0 Å². The lowest BCUT2D eigenvalue weighted by atomic mass is 10.2. The Hall–Kier alpha value is -2.50. The fraction of sp³-hybridized carbons (Fsp3) is 0.0909. The number of ether oxygens (including phenoxy) is 1. The molecular formula is C11H13N5O. The quantitative estimate of drug-likeness (QED) is 0.720. The van der Waals surface area contributed by atoms with Gasteiger partial charge in [-0.2, -0.15) is 9.97 Å². The van der Waals surface area contributed by atoms with Crippen molar-refractivity contribution < 1.29 is 4.74 Å². The van der Waals surface area contributed by atoms with Crippen LogP contribution in [-0.2, 0) is 6.61 Å². The molecule has 1 aromatic carbocycles. The summed E-state index contributed by atoms with van der Waals surface area (Å²) < 4.78 is 5.45. The standard InChI is InChI=1S/C11H13N5O/c12-8-9(13)15-11(14)16-10(8)17-6-7-4-2-1-3-5-7/h1-5H,6,12H2,(H4,13,14,15,16). The van der Waals surface area contributed by atoms with Crippen molar-refractivity contribution in [3.05, 3.63) is 35.9 Å². The summed E-state index contributed by atoms with van der Waals surface area (Å²) in [6.07, 6.45) is 0. The van der Waals surface area contributed by atoms with Gasteiger partial charge in [0.05, 0.1) is 0 Å². The molecule has 0 amide bonds. The molecule has 0 aliphatic rings. The third-order valence-corrected chi connectivity index (χ3v) is 2.18. The number of nitrogens with zero attached hydrogens (tertiary/aromatic N) is 2. The molecule has 17 heavy (non-hydrogen) atoms. The minimum atomic E-state index is 0.0414. The van der Waals surface area contributed by atoms with E-state index in [0.717, 1.165) is 5.56 Å². The third kappa shape index (κ3) is 2.54. The normalized spacial score (nSPS) is 10.1. The smallest absolute Gasteiger partial charge is 0.244 e. The van der Waals surface area contributed by atoms with Crippen LogP contribution in [0, 0.1) is 0 Å². The largest absolute Gasteiger partial charge is 0.471 e. The van der Waals surface area contributed by atoms with Gasteiger partial charge < -0.3 is 21.9 Å². The first kappa shape index (κ1) is 11.0. The average Bonchev–Trinajstić information content (AvgIpc) is 2.33. The molecule has 0 bridgehead atoms. The lowest BCUT2D eigenvalue weighted by Gasteiger charge is -2.09. The second-order valence-electron chi connectivity index (χ2n) is 3.46. The zero-order valence-electron chi connectivity index (χ0n) is 9.13. The van der Waals surface area contributed by atoms with Crippen LogP contribution in [0.1, 0.15) is 5.56 Å². The highest BCUT2D eigenvalue weighted by molar-refractivity contribution is 5.65. The number of anilines is 3. The molecule has 6 nitrogen and oxygen atoms in total. The number of nitrogen functional groups attached to an aromatic ring is 3. The van der Waals surface area contributed by atoms with Crippen molar-refractivity contribution in [2.75, 3.05) is 17.2 Å². The maximum absolute atomic E-state index is 5.69. The molecule has 6 heteroatoms. The average molecular weight is 231 g/mol. The molecule has 2 aromatic rings. The first-order valence-electron chi connectivity index (χ1n) is 5.02. The molecule has 0 saturated carbocycles. The first-order chi connectivity index (χ1) is 8.16. The number of aromatic nitrogens is 2. The summed E-state index contributed by atoms with van der Waals surface area (Å²) in [5, 5.41) is 0. The molecule has 0 radical (unpaired) electrons. The van der Waals surface area contributed by atoms with Gasteiger partial charge in [-0.15, -0.1) is 0 Å². The van der Waals surface area contributed by atoms with E-state index in [1.807, 2.05) is 30.3 Å².